The number of halogens is 2. The molecular weight excluding hydrogens is 354 g/mol. The van der Waals surface area contributed by atoms with Gasteiger partial charge in [-0.2, -0.15) is 0 Å². The quantitative estimate of drug-likeness (QED) is 0.808. The zero-order valence-electron chi connectivity index (χ0n) is 11.4. The number of carbonyl (C=O) groups excluding carboxylic acids is 1. The molecular formula is C15H15BrClN3O. The second kappa shape index (κ2) is 6.83. The number of carbonyl (C=O) groups is 1. The fraction of sp³-hybridized carbons (Fsp3) is 0.133. The SMILES string of the molecule is CN(CC(=O)Nc1cccc(Br)c1)c1cc(Cl)ccc1N. The summed E-state index contributed by atoms with van der Waals surface area (Å²) in [5, 5.41) is 3.41. The lowest BCUT2D eigenvalue weighted by Crippen LogP contribution is -2.30. The molecule has 0 radical (unpaired) electrons. The number of likely N-dealkylation sites (N-methyl/N-ethyl adjacent to an activating group) is 1. The summed E-state index contributed by atoms with van der Waals surface area (Å²) in [6.45, 7) is 0.178. The van der Waals surface area contributed by atoms with Crippen molar-refractivity contribution in [2.24, 2.45) is 0 Å². The number of nitrogens with two attached hydrogens (primary N) is 1. The number of benzene rings is 2. The van der Waals surface area contributed by atoms with E-state index >= 15 is 0 Å². The van der Waals surface area contributed by atoms with Gasteiger partial charge in [0, 0.05) is 22.2 Å². The number of nitrogens with zero attached hydrogens (tertiary/aromatic N) is 1. The van der Waals surface area contributed by atoms with Crippen molar-refractivity contribution in [3.63, 3.8) is 0 Å². The lowest BCUT2D eigenvalue weighted by molar-refractivity contribution is -0.114. The number of amides is 1. The highest BCUT2D eigenvalue weighted by atomic mass is 79.9. The molecule has 0 aliphatic carbocycles. The monoisotopic (exact) mass is 367 g/mol. The van der Waals surface area contributed by atoms with Gasteiger partial charge in [-0.3, -0.25) is 4.79 Å². The topological polar surface area (TPSA) is 58.4 Å². The molecule has 0 bridgehead atoms. The molecule has 2 rings (SSSR count). The first-order valence-corrected chi connectivity index (χ1v) is 7.44. The zero-order chi connectivity index (χ0) is 15.4. The van der Waals surface area contributed by atoms with E-state index in [1.165, 1.54) is 0 Å². The molecule has 0 aliphatic rings. The van der Waals surface area contributed by atoms with Gasteiger partial charge in [0.15, 0.2) is 0 Å². The average Bonchev–Trinajstić information content (AvgIpc) is 2.41. The molecule has 0 atom stereocenters. The molecule has 3 N–H and O–H groups in total. The Morgan fingerprint density at radius 3 is 2.81 bits per heavy atom. The molecule has 110 valence electrons. The van der Waals surface area contributed by atoms with Gasteiger partial charge in [-0.15, -0.1) is 0 Å². The first-order chi connectivity index (χ1) is 9.95. The van der Waals surface area contributed by atoms with Gasteiger partial charge in [-0.1, -0.05) is 33.6 Å². The summed E-state index contributed by atoms with van der Waals surface area (Å²) in [6.07, 6.45) is 0. The van der Waals surface area contributed by atoms with Crippen molar-refractivity contribution in [3.05, 3.63) is 52.0 Å². The van der Waals surface area contributed by atoms with Crippen molar-refractivity contribution in [1.29, 1.82) is 0 Å². The Morgan fingerprint density at radius 2 is 2.10 bits per heavy atom. The van der Waals surface area contributed by atoms with Crippen LogP contribution in [0.1, 0.15) is 0 Å². The van der Waals surface area contributed by atoms with Crippen molar-refractivity contribution in [3.8, 4) is 0 Å². The lowest BCUT2D eigenvalue weighted by atomic mass is 10.2. The molecule has 0 saturated carbocycles. The smallest absolute Gasteiger partial charge is 0.243 e. The summed E-state index contributed by atoms with van der Waals surface area (Å²) in [6, 6.07) is 12.6. The van der Waals surface area contributed by atoms with Crippen LogP contribution in [0.25, 0.3) is 0 Å². The molecule has 0 aliphatic heterocycles. The Morgan fingerprint density at radius 1 is 1.33 bits per heavy atom. The molecule has 0 saturated heterocycles. The van der Waals surface area contributed by atoms with Crippen molar-refractivity contribution in [2.75, 3.05) is 29.5 Å². The van der Waals surface area contributed by atoms with E-state index in [-0.39, 0.29) is 12.5 Å². The van der Waals surface area contributed by atoms with Crippen LogP contribution in [0.3, 0.4) is 0 Å². The van der Waals surface area contributed by atoms with Gasteiger partial charge >= 0.3 is 0 Å². The van der Waals surface area contributed by atoms with Crippen LogP contribution < -0.4 is 16.0 Å². The van der Waals surface area contributed by atoms with Crippen molar-refractivity contribution >= 4 is 50.5 Å². The second-order valence-corrected chi connectivity index (χ2v) is 5.97. The molecule has 6 heteroatoms. The molecule has 0 heterocycles. The van der Waals surface area contributed by atoms with Crippen LogP contribution in [0.4, 0.5) is 17.1 Å². The van der Waals surface area contributed by atoms with Gasteiger partial charge in [0.25, 0.3) is 0 Å². The predicted molar refractivity (Wildman–Crippen MR) is 91.9 cm³/mol. The molecule has 21 heavy (non-hydrogen) atoms. The van der Waals surface area contributed by atoms with Crippen molar-refractivity contribution < 1.29 is 4.79 Å². The molecule has 0 spiro atoms. The minimum absolute atomic E-state index is 0.130. The van der Waals surface area contributed by atoms with Crippen LogP contribution in [0.15, 0.2) is 46.9 Å². The van der Waals surface area contributed by atoms with Crippen molar-refractivity contribution in [2.45, 2.75) is 0 Å². The molecule has 4 nitrogen and oxygen atoms in total. The van der Waals surface area contributed by atoms with Crippen LogP contribution in [0, 0.1) is 0 Å². The van der Waals surface area contributed by atoms with E-state index in [0.29, 0.717) is 10.7 Å². The molecule has 0 aromatic heterocycles. The molecule has 1 amide bonds. The number of rotatable bonds is 4. The third kappa shape index (κ3) is 4.37. The normalized spacial score (nSPS) is 10.2. The van der Waals surface area contributed by atoms with Gasteiger partial charge < -0.3 is 16.0 Å². The Labute approximate surface area is 137 Å². The maximum absolute atomic E-state index is 12.1. The van der Waals surface area contributed by atoms with Crippen molar-refractivity contribution in [1.82, 2.24) is 0 Å². The third-order valence-corrected chi connectivity index (χ3v) is 3.62. The van der Waals surface area contributed by atoms with Gasteiger partial charge in [-0.05, 0) is 36.4 Å². The van der Waals surface area contributed by atoms with Gasteiger partial charge in [-0.25, -0.2) is 0 Å². The maximum Gasteiger partial charge on any atom is 0.243 e. The van der Waals surface area contributed by atoms with Crippen LogP contribution in [0.2, 0.25) is 5.02 Å². The minimum Gasteiger partial charge on any atom is -0.397 e. The first-order valence-electron chi connectivity index (χ1n) is 6.27. The zero-order valence-corrected chi connectivity index (χ0v) is 13.8. The summed E-state index contributed by atoms with van der Waals surface area (Å²) in [5.74, 6) is -0.130. The highest BCUT2D eigenvalue weighted by Crippen LogP contribution is 2.26. The summed E-state index contributed by atoms with van der Waals surface area (Å²) < 4.78 is 0.910. The molecule has 0 fully saturated rings. The van der Waals surface area contributed by atoms with Gasteiger partial charge in [0.2, 0.25) is 5.91 Å². The number of nitrogen functional groups attached to an aromatic ring is 1. The highest BCUT2D eigenvalue weighted by molar-refractivity contribution is 9.10. The van der Waals surface area contributed by atoms with E-state index in [9.17, 15) is 4.79 Å². The van der Waals surface area contributed by atoms with E-state index in [0.717, 1.165) is 15.8 Å². The fourth-order valence-electron chi connectivity index (χ4n) is 1.91. The Balaban J connectivity index is 2.03. The first kappa shape index (κ1) is 15.7. The summed E-state index contributed by atoms with van der Waals surface area (Å²) >= 11 is 9.32. The van der Waals surface area contributed by atoms with E-state index < -0.39 is 0 Å². The summed E-state index contributed by atoms with van der Waals surface area (Å²) in [5.41, 5.74) is 7.95. The lowest BCUT2D eigenvalue weighted by Gasteiger charge is -2.20. The summed E-state index contributed by atoms with van der Waals surface area (Å²) in [4.78, 5) is 13.8. The van der Waals surface area contributed by atoms with Crippen LogP contribution >= 0.6 is 27.5 Å². The minimum atomic E-state index is -0.130. The van der Waals surface area contributed by atoms with E-state index in [4.69, 9.17) is 17.3 Å². The Bertz CT molecular complexity index is 663. The van der Waals surface area contributed by atoms with E-state index in [1.807, 2.05) is 24.3 Å². The van der Waals surface area contributed by atoms with E-state index in [2.05, 4.69) is 21.2 Å². The molecule has 2 aromatic carbocycles. The van der Waals surface area contributed by atoms with Crippen LogP contribution in [-0.2, 0) is 4.79 Å². The standard InChI is InChI=1S/C15H15BrClN3O/c1-20(14-8-11(17)5-6-13(14)18)9-15(21)19-12-4-2-3-10(16)7-12/h2-8H,9,18H2,1H3,(H,19,21). The maximum atomic E-state index is 12.1. The van der Waals surface area contributed by atoms with E-state index in [1.54, 1.807) is 30.1 Å². The number of anilines is 3. The Kier molecular flexibility index (Phi) is 5.09. The summed E-state index contributed by atoms with van der Waals surface area (Å²) in [7, 11) is 1.79. The second-order valence-electron chi connectivity index (χ2n) is 4.62. The van der Waals surface area contributed by atoms with Gasteiger partial charge in [0.1, 0.15) is 0 Å². The number of hydrogen-bond acceptors (Lipinski definition) is 3. The van der Waals surface area contributed by atoms with Crippen LogP contribution in [-0.4, -0.2) is 19.5 Å². The Hall–Kier alpha value is -1.72. The van der Waals surface area contributed by atoms with Crippen LogP contribution in [0.5, 0.6) is 0 Å². The highest BCUT2D eigenvalue weighted by Gasteiger charge is 2.11. The number of hydrogen-bond donors (Lipinski definition) is 2. The molecule has 0 unspecified atom stereocenters. The fourth-order valence-corrected chi connectivity index (χ4v) is 2.48. The third-order valence-electron chi connectivity index (χ3n) is 2.89. The van der Waals surface area contributed by atoms with Gasteiger partial charge in [0.05, 0.1) is 17.9 Å². The number of nitrogens with one attached hydrogen (secondary N) is 1. The molecule has 2 aromatic rings. The average molecular weight is 369 g/mol. The predicted octanol–water partition coefficient (Wildman–Crippen LogP) is 3.76. The largest absolute Gasteiger partial charge is 0.397 e.